The van der Waals surface area contributed by atoms with E-state index in [-0.39, 0.29) is 5.69 Å². The molecular weight excluding hydrogens is 158 g/mol. The molecule has 6 heteroatoms. The molecule has 0 aliphatic rings. The largest absolute Gasteiger partial charge is 0.363 e. The third-order valence-electron chi connectivity index (χ3n) is 1.43. The van der Waals surface area contributed by atoms with Gasteiger partial charge in [0.2, 0.25) is 5.95 Å². The number of anilines is 1. The number of nitrogens with one attached hydrogen (secondary N) is 1. The van der Waals surface area contributed by atoms with E-state index >= 15 is 0 Å². The lowest BCUT2D eigenvalue weighted by Gasteiger charge is -2.17. The highest BCUT2D eigenvalue weighted by Crippen LogP contribution is 2.00. The second kappa shape index (κ2) is 2.88. The van der Waals surface area contributed by atoms with Gasteiger partial charge in [-0.15, -0.1) is 5.10 Å². The molecule has 0 radical (unpaired) electrons. The molecule has 6 nitrogen and oxygen atoms in total. The lowest BCUT2D eigenvalue weighted by atomic mass is 10.8. The van der Waals surface area contributed by atoms with Gasteiger partial charge in [-0.2, -0.15) is 4.68 Å². The molecule has 1 heterocycles. The highest BCUT2D eigenvalue weighted by Gasteiger charge is 2.10. The standard InChI is InChI=1S/C6H13N5O/c1-9(2)5-7-8-6(12)11(5)10(3)4/h1-4H3,(H,8,12). The smallest absolute Gasteiger partial charge is 0.346 e. The Morgan fingerprint density at radius 2 is 1.92 bits per heavy atom. The van der Waals surface area contributed by atoms with Crippen LogP contribution < -0.4 is 15.6 Å². The maximum atomic E-state index is 11.2. The molecule has 0 aromatic carbocycles. The van der Waals surface area contributed by atoms with Gasteiger partial charge in [0.15, 0.2) is 0 Å². The lowest BCUT2D eigenvalue weighted by molar-refractivity contribution is 0.694. The van der Waals surface area contributed by atoms with Gasteiger partial charge in [-0.3, -0.25) is 0 Å². The monoisotopic (exact) mass is 171 g/mol. The van der Waals surface area contributed by atoms with Crippen molar-refractivity contribution in [3.63, 3.8) is 0 Å². The van der Waals surface area contributed by atoms with E-state index in [0.717, 1.165) is 0 Å². The molecule has 0 atom stereocenters. The van der Waals surface area contributed by atoms with Crippen LogP contribution in [0.5, 0.6) is 0 Å². The molecule has 0 spiro atoms. The minimum atomic E-state index is -0.233. The Hall–Kier alpha value is -1.46. The first-order chi connectivity index (χ1) is 5.54. The van der Waals surface area contributed by atoms with E-state index in [1.165, 1.54) is 4.68 Å². The molecule has 68 valence electrons. The zero-order valence-electron chi connectivity index (χ0n) is 7.70. The third-order valence-corrected chi connectivity index (χ3v) is 1.43. The average molecular weight is 171 g/mol. The molecule has 1 aromatic heterocycles. The van der Waals surface area contributed by atoms with Crippen molar-refractivity contribution in [1.82, 2.24) is 14.9 Å². The summed E-state index contributed by atoms with van der Waals surface area (Å²) in [6.45, 7) is 0. The van der Waals surface area contributed by atoms with Crippen LogP contribution >= 0.6 is 0 Å². The molecule has 0 saturated heterocycles. The van der Waals surface area contributed by atoms with E-state index in [1.807, 2.05) is 14.1 Å². The molecule has 1 N–H and O–H groups in total. The van der Waals surface area contributed by atoms with Gasteiger partial charge in [-0.25, -0.2) is 9.89 Å². The van der Waals surface area contributed by atoms with Crippen molar-refractivity contribution in [2.24, 2.45) is 0 Å². The number of hydrogen-bond acceptors (Lipinski definition) is 4. The molecule has 0 amide bonds. The predicted molar refractivity (Wildman–Crippen MR) is 47.2 cm³/mol. The van der Waals surface area contributed by atoms with E-state index in [2.05, 4.69) is 10.2 Å². The SMILES string of the molecule is CN(C)c1n[nH]c(=O)n1N(C)C. The van der Waals surface area contributed by atoms with Crippen molar-refractivity contribution in [2.45, 2.75) is 0 Å². The fourth-order valence-electron chi connectivity index (χ4n) is 0.933. The van der Waals surface area contributed by atoms with Crippen LogP contribution in [0, 0.1) is 0 Å². The van der Waals surface area contributed by atoms with Crippen LogP contribution in [0.2, 0.25) is 0 Å². The summed E-state index contributed by atoms with van der Waals surface area (Å²) in [6.07, 6.45) is 0. The molecule has 0 aliphatic carbocycles. The van der Waals surface area contributed by atoms with Crippen molar-refractivity contribution >= 4 is 5.95 Å². The summed E-state index contributed by atoms with van der Waals surface area (Å²) in [5.41, 5.74) is -0.233. The second-order valence-electron chi connectivity index (χ2n) is 2.88. The van der Waals surface area contributed by atoms with Crippen LogP contribution in [0.4, 0.5) is 5.95 Å². The summed E-state index contributed by atoms with van der Waals surface area (Å²) in [6, 6.07) is 0. The topological polar surface area (TPSA) is 57.2 Å². The van der Waals surface area contributed by atoms with E-state index < -0.39 is 0 Å². The van der Waals surface area contributed by atoms with Crippen molar-refractivity contribution in [2.75, 3.05) is 38.1 Å². The normalized spacial score (nSPS) is 10.0. The van der Waals surface area contributed by atoms with Crippen molar-refractivity contribution in [3.8, 4) is 0 Å². The molecule has 12 heavy (non-hydrogen) atoms. The zero-order valence-corrected chi connectivity index (χ0v) is 7.70. The average Bonchev–Trinajstić information content (AvgIpc) is 2.30. The molecular formula is C6H13N5O. The molecule has 1 rings (SSSR count). The lowest BCUT2D eigenvalue weighted by Crippen LogP contribution is -2.36. The first-order valence-corrected chi connectivity index (χ1v) is 3.56. The minimum Gasteiger partial charge on any atom is -0.346 e. The van der Waals surface area contributed by atoms with Gasteiger partial charge in [-0.1, -0.05) is 0 Å². The van der Waals surface area contributed by atoms with Crippen molar-refractivity contribution in [1.29, 1.82) is 0 Å². The molecule has 0 saturated carbocycles. The second-order valence-corrected chi connectivity index (χ2v) is 2.88. The maximum absolute atomic E-state index is 11.2. The van der Waals surface area contributed by atoms with Gasteiger partial charge in [-0.05, 0) is 0 Å². The Bertz CT molecular complexity index is 310. The van der Waals surface area contributed by atoms with E-state index in [0.29, 0.717) is 5.95 Å². The molecule has 1 aromatic rings. The highest BCUT2D eigenvalue weighted by molar-refractivity contribution is 5.27. The number of nitrogens with zero attached hydrogens (tertiary/aromatic N) is 4. The van der Waals surface area contributed by atoms with Gasteiger partial charge >= 0.3 is 5.69 Å². The van der Waals surface area contributed by atoms with E-state index in [4.69, 9.17) is 0 Å². The number of aromatic nitrogens is 3. The fourth-order valence-corrected chi connectivity index (χ4v) is 0.933. The van der Waals surface area contributed by atoms with Crippen LogP contribution in [-0.4, -0.2) is 43.1 Å². The zero-order chi connectivity index (χ0) is 9.30. The molecule has 0 unspecified atom stereocenters. The van der Waals surface area contributed by atoms with Crippen LogP contribution in [0.15, 0.2) is 4.79 Å². The number of aromatic amines is 1. The number of hydrogen-bond donors (Lipinski definition) is 1. The quantitative estimate of drug-likeness (QED) is 0.609. The first kappa shape index (κ1) is 8.63. The Balaban J connectivity index is 3.22. The van der Waals surface area contributed by atoms with Crippen molar-refractivity contribution < 1.29 is 0 Å². The van der Waals surface area contributed by atoms with Gasteiger partial charge in [0.05, 0.1) is 0 Å². The van der Waals surface area contributed by atoms with Crippen molar-refractivity contribution in [3.05, 3.63) is 10.5 Å². The summed E-state index contributed by atoms with van der Waals surface area (Å²) < 4.78 is 1.44. The summed E-state index contributed by atoms with van der Waals surface area (Å²) in [7, 11) is 7.22. The Morgan fingerprint density at radius 3 is 2.25 bits per heavy atom. The van der Waals surface area contributed by atoms with Gasteiger partial charge in [0, 0.05) is 28.2 Å². The van der Waals surface area contributed by atoms with Gasteiger partial charge < -0.3 is 9.91 Å². The number of rotatable bonds is 2. The molecule has 0 fully saturated rings. The third kappa shape index (κ3) is 1.27. The summed E-state index contributed by atoms with van der Waals surface area (Å²) >= 11 is 0. The Morgan fingerprint density at radius 1 is 1.33 bits per heavy atom. The highest BCUT2D eigenvalue weighted by atomic mass is 16.2. The van der Waals surface area contributed by atoms with Crippen LogP contribution in [-0.2, 0) is 0 Å². The summed E-state index contributed by atoms with van der Waals surface area (Å²) in [5.74, 6) is 0.588. The predicted octanol–water partition coefficient (Wildman–Crippen LogP) is -1.16. The summed E-state index contributed by atoms with van der Waals surface area (Å²) in [5, 5.41) is 7.89. The first-order valence-electron chi connectivity index (χ1n) is 3.56. The number of H-pyrrole nitrogens is 1. The Labute approximate surface area is 70.4 Å². The van der Waals surface area contributed by atoms with E-state index in [9.17, 15) is 4.79 Å². The van der Waals surface area contributed by atoms with Crippen LogP contribution in [0.25, 0.3) is 0 Å². The van der Waals surface area contributed by atoms with Gasteiger partial charge in [0.1, 0.15) is 0 Å². The van der Waals surface area contributed by atoms with Gasteiger partial charge in [0.25, 0.3) is 0 Å². The fraction of sp³-hybridized carbons (Fsp3) is 0.667. The van der Waals surface area contributed by atoms with Crippen LogP contribution in [0.3, 0.4) is 0 Å². The van der Waals surface area contributed by atoms with E-state index in [1.54, 1.807) is 24.0 Å². The minimum absolute atomic E-state index is 0.233. The van der Waals surface area contributed by atoms with Crippen LogP contribution in [0.1, 0.15) is 0 Å². The Kier molecular flexibility index (Phi) is 2.07. The summed E-state index contributed by atoms with van der Waals surface area (Å²) in [4.78, 5) is 12.9. The maximum Gasteiger partial charge on any atom is 0.363 e. The molecule has 0 aliphatic heterocycles. The molecule has 0 bridgehead atoms.